The molecule has 0 saturated heterocycles. The first kappa shape index (κ1) is 19.4. The largest absolute Gasteiger partial charge is 0.326 e. The highest BCUT2D eigenvalue weighted by molar-refractivity contribution is 7.92. The van der Waals surface area contributed by atoms with Gasteiger partial charge in [0.1, 0.15) is 0 Å². The number of rotatable bonds is 7. The van der Waals surface area contributed by atoms with Crippen LogP contribution in [0.15, 0.2) is 48.5 Å². The standard InChI is InChI=1S/C21H26N2O3S/c1-27(25,26)23-15-7-11-18-13-14-19(16-20(18)23)22-21(24)12-6-5-10-17-8-3-2-4-9-17/h2-4,8-9,13-14,16H,5-7,10-12,15H2,1H3,(H,22,24). The molecule has 0 aliphatic carbocycles. The van der Waals surface area contributed by atoms with E-state index in [2.05, 4.69) is 17.4 Å². The van der Waals surface area contributed by atoms with Gasteiger partial charge in [0.05, 0.1) is 11.9 Å². The first-order valence-electron chi connectivity index (χ1n) is 9.38. The maximum atomic E-state index is 12.2. The highest BCUT2D eigenvalue weighted by Crippen LogP contribution is 2.31. The predicted octanol–water partition coefficient (Wildman–Crippen LogP) is 3.75. The van der Waals surface area contributed by atoms with Gasteiger partial charge in [0.2, 0.25) is 15.9 Å². The number of hydrogen-bond acceptors (Lipinski definition) is 3. The highest BCUT2D eigenvalue weighted by atomic mass is 32.2. The van der Waals surface area contributed by atoms with E-state index in [9.17, 15) is 13.2 Å². The Labute approximate surface area is 161 Å². The number of unbranched alkanes of at least 4 members (excludes halogenated alkanes) is 1. The van der Waals surface area contributed by atoms with Crippen molar-refractivity contribution in [2.24, 2.45) is 0 Å². The number of nitrogens with zero attached hydrogens (tertiary/aromatic N) is 1. The number of carbonyl (C=O) groups is 1. The molecule has 6 heteroatoms. The minimum absolute atomic E-state index is 0.0373. The zero-order valence-corrected chi connectivity index (χ0v) is 16.5. The van der Waals surface area contributed by atoms with Crippen LogP contribution in [0.1, 0.15) is 36.8 Å². The second-order valence-corrected chi connectivity index (χ2v) is 8.93. The second kappa shape index (κ2) is 8.57. The van der Waals surface area contributed by atoms with Gasteiger partial charge in [0.15, 0.2) is 0 Å². The van der Waals surface area contributed by atoms with Crippen molar-refractivity contribution in [2.75, 3.05) is 22.4 Å². The van der Waals surface area contributed by atoms with E-state index in [1.54, 1.807) is 6.07 Å². The lowest BCUT2D eigenvalue weighted by Crippen LogP contribution is -2.34. The van der Waals surface area contributed by atoms with E-state index >= 15 is 0 Å². The summed E-state index contributed by atoms with van der Waals surface area (Å²) >= 11 is 0. The number of fused-ring (bicyclic) bond motifs is 1. The van der Waals surface area contributed by atoms with Gasteiger partial charge in [-0.2, -0.15) is 0 Å². The van der Waals surface area contributed by atoms with E-state index in [0.29, 0.717) is 24.3 Å². The summed E-state index contributed by atoms with van der Waals surface area (Å²) in [6.07, 6.45) is 6.10. The number of nitrogens with one attached hydrogen (secondary N) is 1. The van der Waals surface area contributed by atoms with Gasteiger partial charge in [-0.25, -0.2) is 8.42 Å². The minimum Gasteiger partial charge on any atom is -0.326 e. The van der Waals surface area contributed by atoms with Gasteiger partial charge >= 0.3 is 0 Å². The summed E-state index contributed by atoms with van der Waals surface area (Å²) in [6.45, 7) is 0.489. The third-order valence-electron chi connectivity index (χ3n) is 4.81. The van der Waals surface area contributed by atoms with Crippen LogP contribution in [0.3, 0.4) is 0 Å². The lowest BCUT2D eigenvalue weighted by Gasteiger charge is -2.29. The number of carbonyl (C=O) groups excluding carboxylic acids is 1. The Morgan fingerprint density at radius 3 is 2.63 bits per heavy atom. The van der Waals surface area contributed by atoms with Crippen molar-refractivity contribution in [2.45, 2.75) is 38.5 Å². The van der Waals surface area contributed by atoms with E-state index in [0.717, 1.165) is 37.7 Å². The van der Waals surface area contributed by atoms with Crippen molar-refractivity contribution in [1.82, 2.24) is 0 Å². The molecule has 3 rings (SSSR count). The number of amides is 1. The SMILES string of the molecule is CS(=O)(=O)N1CCCc2ccc(NC(=O)CCCCc3ccccc3)cc21. The van der Waals surface area contributed by atoms with Gasteiger partial charge in [-0.3, -0.25) is 9.10 Å². The molecule has 5 nitrogen and oxygen atoms in total. The van der Waals surface area contributed by atoms with Crippen molar-refractivity contribution in [3.8, 4) is 0 Å². The zero-order chi connectivity index (χ0) is 19.3. The molecule has 27 heavy (non-hydrogen) atoms. The summed E-state index contributed by atoms with van der Waals surface area (Å²) in [5.41, 5.74) is 3.63. The minimum atomic E-state index is -3.31. The summed E-state index contributed by atoms with van der Waals surface area (Å²) in [6, 6.07) is 15.8. The van der Waals surface area contributed by atoms with Gasteiger partial charge in [-0.1, -0.05) is 36.4 Å². The van der Waals surface area contributed by atoms with Crippen LogP contribution in [-0.2, 0) is 27.7 Å². The number of benzene rings is 2. The van der Waals surface area contributed by atoms with Crippen molar-refractivity contribution < 1.29 is 13.2 Å². The average Bonchev–Trinajstić information content (AvgIpc) is 2.65. The van der Waals surface area contributed by atoms with Crippen LogP contribution in [0.5, 0.6) is 0 Å². The molecule has 0 atom stereocenters. The molecule has 0 spiro atoms. The number of sulfonamides is 1. The normalized spacial score (nSPS) is 13.9. The zero-order valence-electron chi connectivity index (χ0n) is 15.6. The molecule has 0 aromatic heterocycles. The van der Waals surface area contributed by atoms with Gasteiger partial charge < -0.3 is 5.32 Å². The van der Waals surface area contributed by atoms with Crippen LogP contribution in [0.4, 0.5) is 11.4 Å². The molecule has 0 saturated carbocycles. The monoisotopic (exact) mass is 386 g/mol. The molecule has 1 aliphatic heterocycles. The van der Waals surface area contributed by atoms with E-state index in [1.165, 1.54) is 16.1 Å². The fraction of sp³-hybridized carbons (Fsp3) is 0.381. The summed E-state index contributed by atoms with van der Waals surface area (Å²) in [5, 5.41) is 2.90. The van der Waals surface area contributed by atoms with Gasteiger partial charge in [0.25, 0.3) is 0 Å². The van der Waals surface area contributed by atoms with Crippen molar-refractivity contribution in [3.63, 3.8) is 0 Å². The van der Waals surface area contributed by atoms with Gasteiger partial charge in [-0.05, 0) is 55.4 Å². The van der Waals surface area contributed by atoms with Crippen LogP contribution < -0.4 is 9.62 Å². The maximum Gasteiger partial charge on any atom is 0.232 e. The Kier molecular flexibility index (Phi) is 6.16. The summed E-state index contributed by atoms with van der Waals surface area (Å²) in [4.78, 5) is 12.2. The first-order chi connectivity index (χ1) is 12.9. The van der Waals surface area contributed by atoms with Crippen LogP contribution in [-0.4, -0.2) is 27.1 Å². The Balaban J connectivity index is 1.55. The Morgan fingerprint density at radius 2 is 1.89 bits per heavy atom. The molecule has 2 aromatic rings. The Morgan fingerprint density at radius 1 is 1.11 bits per heavy atom. The fourth-order valence-corrected chi connectivity index (χ4v) is 4.43. The van der Waals surface area contributed by atoms with Crippen LogP contribution >= 0.6 is 0 Å². The molecule has 0 bridgehead atoms. The molecule has 1 aliphatic rings. The molecule has 1 N–H and O–H groups in total. The summed E-state index contributed by atoms with van der Waals surface area (Å²) < 4.78 is 25.5. The summed E-state index contributed by atoms with van der Waals surface area (Å²) in [5.74, 6) is -0.0373. The highest BCUT2D eigenvalue weighted by Gasteiger charge is 2.24. The molecule has 2 aromatic carbocycles. The quantitative estimate of drug-likeness (QED) is 0.737. The molecule has 0 radical (unpaired) electrons. The molecular formula is C21H26N2O3S. The van der Waals surface area contributed by atoms with Gasteiger partial charge in [0, 0.05) is 18.7 Å². The number of hydrogen-bond donors (Lipinski definition) is 1. The van der Waals surface area contributed by atoms with Crippen LogP contribution in [0.2, 0.25) is 0 Å². The molecule has 1 amide bonds. The van der Waals surface area contributed by atoms with E-state index in [1.807, 2.05) is 30.3 Å². The number of anilines is 2. The van der Waals surface area contributed by atoms with Crippen molar-refractivity contribution in [3.05, 3.63) is 59.7 Å². The van der Waals surface area contributed by atoms with Crippen molar-refractivity contribution >= 4 is 27.3 Å². The van der Waals surface area contributed by atoms with Crippen molar-refractivity contribution in [1.29, 1.82) is 0 Å². The third kappa shape index (κ3) is 5.32. The van der Waals surface area contributed by atoms with Crippen LogP contribution in [0.25, 0.3) is 0 Å². The first-order valence-corrected chi connectivity index (χ1v) is 11.2. The lowest BCUT2D eigenvalue weighted by atomic mass is 10.0. The predicted molar refractivity (Wildman–Crippen MR) is 110 cm³/mol. The molecule has 1 heterocycles. The second-order valence-electron chi connectivity index (χ2n) is 7.02. The number of aryl methyl sites for hydroxylation is 2. The van der Waals surface area contributed by atoms with Crippen LogP contribution in [0, 0.1) is 0 Å². The smallest absolute Gasteiger partial charge is 0.232 e. The molecular weight excluding hydrogens is 360 g/mol. The topological polar surface area (TPSA) is 66.5 Å². The lowest BCUT2D eigenvalue weighted by molar-refractivity contribution is -0.116. The third-order valence-corrected chi connectivity index (χ3v) is 5.99. The van der Waals surface area contributed by atoms with Gasteiger partial charge in [-0.15, -0.1) is 0 Å². The maximum absolute atomic E-state index is 12.2. The molecule has 144 valence electrons. The summed E-state index contributed by atoms with van der Waals surface area (Å²) in [7, 11) is -3.31. The Bertz CT molecular complexity index is 895. The molecule has 0 fully saturated rings. The fourth-order valence-electron chi connectivity index (χ4n) is 3.45. The van der Waals surface area contributed by atoms with E-state index in [-0.39, 0.29) is 5.91 Å². The Hall–Kier alpha value is -2.34. The van der Waals surface area contributed by atoms with E-state index in [4.69, 9.17) is 0 Å². The average molecular weight is 387 g/mol. The van der Waals surface area contributed by atoms with E-state index < -0.39 is 10.0 Å². The molecule has 0 unspecified atom stereocenters.